The van der Waals surface area contributed by atoms with E-state index in [4.69, 9.17) is 4.52 Å². The van der Waals surface area contributed by atoms with Crippen molar-refractivity contribution in [1.82, 2.24) is 4.98 Å². The van der Waals surface area contributed by atoms with Crippen LogP contribution in [0.1, 0.15) is 18.3 Å². The lowest BCUT2D eigenvalue weighted by molar-refractivity contribution is 0.266. The van der Waals surface area contributed by atoms with E-state index in [1.165, 1.54) is 0 Å². The summed E-state index contributed by atoms with van der Waals surface area (Å²) in [5, 5.41) is 15.0. The van der Waals surface area contributed by atoms with Gasteiger partial charge in [-0.15, -0.1) is 0 Å². The van der Waals surface area contributed by atoms with Crippen LogP contribution in [0.4, 0.5) is 5.82 Å². The van der Waals surface area contributed by atoms with Crippen LogP contribution in [0.5, 0.6) is 5.75 Å². The highest BCUT2D eigenvalue weighted by Crippen LogP contribution is 2.58. The molecule has 0 saturated heterocycles. The van der Waals surface area contributed by atoms with Gasteiger partial charge in [0, 0.05) is 17.1 Å². The Labute approximate surface area is 145 Å². The lowest BCUT2D eigenvalue weighted by atomic mass is 10.1. The lowest BCUT2D eigenvalue weighted by Crippen LogP contribution is -2.14. The van der Waals surface area contributed by atoms with Crippen LogP contribution in [-0.2, 0) is 9.09 Å². The fourth-order valence-corrected chi connectivity index (χ4v) is 4.05. The first-order valence-corrected chi connectivity index (χ1v) is 9.53. The molecule has 6 nitrogen and oxygen atoms in total. The third kappa shape index (κ3) is 3.66. The maximum Gasteiger partial charge on any atom is 0.354 e. The van der Waals surface area contributed by atoms with E-state index in [2.05, 4.69) is 10.3 Å². The van der Waals surface area contributed by atoms with Gasteiger partial charge < -0.3 is 19.8 Å². The molecule has 0 amide bonds. The molecule has 1 aromatic heterocycles. The molecule has 2 unspecified atom stereocenters. The molecule has 1 heterocycles. The molecule has 2 aromatic carbocycles. The molecule has 0 bridgehead atoms. The summed E-state index contributed by atoms with van der Waals surface area (Å²) in [6, 6.07) is 15.9. The van der Waals surface area contributed by atoms with Crippen molar-refractivity contribution in [2.24, 2.45) is 0 Å². The Morgan fingerprint density at radius 1 is 1.16 bits per heavy atom. The second-order valence-corrected chi connectivity index (χ2v) is 7.37. The number of nitrogens with zero attached hydrogens (tertiary/aromatic N) is 1. The summed E-state index contributed by atoms with van der Waals surface area (Å²) < 4.78 is 17.8. The third-order valence-electron chi connectivity index (χ3n) is 3.82. The van der Waals surface area contributed by atoms with Crippen LogP contribution in [0, 0.1) is 0 Å². The molecule has 130 valence electrons. The largest absolute Gasteiger partial charge is 0.507 e. The Morgan fingerprint density at radius 2 is 1.92 bits per heavy atom. The van der Waals surface area contributed by atoms with Crippen molar-refractivity contribution in [3.8, 4) is 5.75 Å². The van der Waals surface area contributed by atoms with Crippen LogP contribution in [0.25, 0.3) is 10.8 Å². The van der Waals surface area contributed by atoms with Crippen molar-refractivity contribution in [1.29, 1.82) is 0 Å². The molecule has 2 atom stereocenters. The monoisotopic (exact) mass is 358 g/mol. The van der Waals surface area contributed by atoms with Gasteiger partial charge in [-0.1, -0.05) is 42.5 Å². The molecule has 0 fully saturated rings. The van der Waals surface area contributed by atoms with Crippen LogP contribution < -0.4 is 5.32 Å². The number of fused-ring (bicyclic) bond motifs is 1. The fraction of sp³-hybridized carbons (Fsp3) is 0.167. The van der Waals surface area contributed by atoms with Gasteiger partial charge in [0.2, 0.25) is 0 Å². The first-order valence-electron chi connectivity index (χ1n) is 7.88. The van der Waals surface area contributed by atoms with Crippen molar-refractivity contribution in [3.63, 3.8) is 0 Å². The van der Waals surface area contributed by atoms with Gasteiger partial charge in [0.15, 0.2) is 5.78 Å². The zero-order valence-corrected chi connectivity index (χ0v) is 14.6. The number of aromatic hydroxyl groups is 1. The second kappa shape index (κ2) is 7.23. The minimum atomic E-state index is -4.11. The number of anilines is 1. The molecule has 25 heavy (non-hydrogen) atoms. The van der Waals surface area contributed by atoms with E-state index in [1.807, 2.05) is 12.1 Å². The Bertz CT molecular complexity index is 917. The summed E-state index contributed by atoms with van der Waals surface area (Å²) in [5.41, 5.74) is 0.281. The van der Waals surface area contributed by atoms with Gasteiger partial charge in [-0.05, 0) is 24.4 Å². The van der Waals surface area contributed by atoms with Crippen LogP contribution >= 0.6 is 7.60 Å². The molecule has 0 spiro atoms. The fourth-order valence-electron chi connectivity index (χ4n) is 2.68. The summed E-state index contributed by atoms with van der Waals surface area (Å²) in [6.45, 7) is 1.71. The predicted octanol–water partition coefficient (Wildman–Crippen LogP) is 4.27. The topological polar surface area (TPSA) is 91.7 Å². The number of nitrogens with one attached hydrogen (secondary N) is 1. The molecule has 0 aliphatic heterocycles. The van der Waals surface area contributed by atoms with Crippen LogP contribution in [0.3, 0.4) is 0 Å². The van der Waals surface area contributed by atoms with Crippen LogP contribution in [0.15, 0.2) is 60.8 Å². The zero-order chi connectivity index (χ0) is 17.9. The zero-order valence-electron chi connectivity index (χ0n) is 13.7. The van der Waals surface area contributed by atoms with Gasteiger partial charge in [-0.2, -0.15) is 0 Å². The van der Waals surface area contributed by atoms with Gasteiger partial charge in [0.05, 0.1) is 6.61 Å². The molecule has 0 aliphatic carbocycles. The van der Waals surface area contributed by atoms with E-state index in [9.17, 15) is 14.6 Å². The maximum atomic E-state index is 12.7. The van der Waals surface area contributed by atoms with Gasteiger partial charge in [-0.3, -0.25) is 4.57 Å². The Morgan fingerprint density at radius 3 is 2.64 bits per heavy atom. The maximum absolute atomic E-state index is 12.7. The second-order valence-electron chi connectivity index (χ2n) is 5.47. The number of aromatic nitrogens is 1. The van der Waals surface area contributed by atoms with Crippen LogP contribution in [0.2, 0.25) is 0 Å². The van der Waals surface area contributed by atoms with Crippen molar-refractivity contribution >= 4 is 24.2 Å². The summed E-state index contributed by atoms with van der Waals surface area (Å²) in [5.74, 6) is -0.790. The standard InChI is InChI=1S/C18H19N2O4P/c1-2-24-25(22,23)18(20-16-9-5-6-12-19-16)15-11-10-13-7-3-4-8-14(13)17(15)21/h3-12,18,21H,2H2,1H3,(H,19,20)(H,22,23). The van der Waals surface area contributed by atoms with Gasteiger partial charge in [0.25, 0.3) is 0 Å². The van der Waals surface area contributed by atoms with E-state index in [0.29, 0.717) is 11.2 Å². The number of phenolic OH excluding ortho intramolecular Hbond substituents is 1. The number of rotatable bonds is 6. The normalized spacial score (nSPS) is 14.8. The van der Waals surface area contributed by atoms with Crippen molar-refractivity contribution in [2.45, 2.75) is 12.7 Å². The van der Waals surface area contributed by atoms with Crippen LogP contribution in [-0.4, -0.2) is 21.6 Å². The Balaban J connectivity index is 2.11. The summed E-state index contributed by atoms with van der Waals surface area (Å²) >= 11 is 0. The molecular weight excluding hydrogens is 339 g/mol. The Kier molecular flexibility index (Phi) is 5.04. The van der Waals surface area contributed by atoms with Gasteiger partial charge in [0.1, 0.15) is 11.6 Å². The van der Waals surface area contributed by atoms with E-state index in [0.717, 1.165) is 5.39 Å². The van der Waals surface area contributed by atoms with Gasteiger partial charge >= 0.3 is 7.60 Å². The van der Waals surface area contributed by atoms with Crippen molar-refractivity contribution < 1.29 is 19.1 Å². The highest BCUT2D eigenvalue weighted by atomic mass is 31.2. The SMILES string of the molecule is CCOP(=O)(O)C(Nc1ccccn1)c1ccc2ccccc2c1O. The van der Waals surface area contributed by atoms with E-state index in [-0.39, 0.29) is 17.9 Å². The molecule has 7 heteroatoms. The molecule has 3 rings (SSSR count). The van der Waals surface area contributed by atoms with E-state index in [1.54, 1.807) is 55.6 Å². The minimum absolute atomic E-state index is 0.0551. The third-order valence-corrected chi connectivity index (χ3v) is 5.50. The number of benzene rings is 2. The smallest absolute Gasteiger partial charge is 0.354 e. The highest BCUT2D eigenvalue weighted by Gasteiger charge is 2.36. The highest BCUT2D eigenvalue weighted by molar-refractivity contribution is 7.53. The summed E-state index contributed by atoms with van der Waals surface area (Å²) in [6.07, 6.45) is 1.57. The number of phenols is 1. The molecule has 3 N–H and O–H groups in total. The number of hydrogen-bond donors (Lipinski definition) is 3. The van der Waals surface area contributed by atoms with E-state index < -0.39 is 13.4 Å². The first-order chi connectivity index (χ1) is 12.0. The number of hydrogen-bond acceptors (Lipinski definition) is 5. The van der Waals surface area contributed by atoms with Crippen molar-refractivity contribution in [2.75, 3.05) is 11.9 Å². The molecule has 0 saturated carbocycles. The van der Waals surface area contributed by atoms with Crippen molar-refractivity contribution in [3.05, 3.63) is 66.4 Å². The first kappa shape index (κ1) is 17.4. The lowest BCUT2D eigenvalue weighted by Gasteiger charge is -2.25. The predicted molar refractivity (Wildman–Crippen MR) is 97.7 cm³/mol. The van der Waals surface area contributed by atoms with E-state index >= 15 is 0 Å². The quantitative estimate of drug-likeness (QED) is 0.570. The summed E-state index contributed by atoms with van der Waals surface area (Å²) in [4.78, 5) is 14.5. The van der Waals surface area contributed by atoms with Gasteiger partial charge in [-0.25, -0.2) is 4.98 Å². The average molecular weight is 358 g/mol. The Hall–Kier alpha value is -2.40. The number of pyridine rings is 1. The summed E-state index contributed by atoms with van der Waals surface area (Å²) in [7, 11) is -4.11. The molecule has 3 aromatic rings. The molecular formula is C18H19N2O4P. The average Bonchev–Trinajstić information content (AvgIpc) is 2.61. The molecule has 0 aliphatic rings. The minimum Gasteiger partial charge on any atom is -0.507 e. The molecule has 0 radical (unpaired) electrons.